The van der Waals surface area contributed by atoms with E-state index in [-0.39, 0.29) is 12.4 Å². The molecule has 0 bridgehead atoms. The molecule has 0 amide bonds. The predicted octanol–water partition coefficient (Wildman–Crippen LogP) is 2.49. The standard InChI is InChI=1S/C11H13F4NO/c12-10-3-1-9(2-4-10)5-6-16-7-8-17-11(13,14)15/h1-4,16H,5-8H2. The summed E-state index contributed by atoms with van der Waals surface area (Å²) in [4.78, 5) is 0. The van der Waals surface area contributed by atoms with Crippen LogP contribution in [-0.4, -0.2) is 26.1 Å². The smallest absolute Gasteiger partial charge is 0.314 e. The van der Waals surface area contributed by atoms with Gasteiger partial charge in [0.25, 0.3) is 0 Å². The Morgan fingerprint density at radius 1 is 1.06 bits per heavy atom. The average Bonchev–Trinajstić information content (AvgIpc) is 2.24. The van der Waals surface area contributed by atoms with Crippen LogP contribution in [-0.2, 0) is 11.2 Å². The maximum atomic E-state index is 12.5. The molecule has 0 saturated carbocycles. The molecule has 0 aliphatic rings. The molecule has 2 nitrogen and oxygen atoms in total. The highest BCUT2D eigenvalue weighted by atomic mass is 19.4. The van der Waals surface area contributed by atoms with Crippen molar-refractivity contribution in [3.63, 3.8) is 0 Å². The van der Waals surface area contributed by atoms with Crippen molar-refractivity contribution in [3.05, 3.63) is 35.6 Å². The third-order valence-electron chi connectivity index (χ3n) is 2.05. The van der Waals surface area contributed by atoms with E-state index < -0.39 is 13.0 Å². The van der Waals surface area contributed by atoms with Crippen LogP contribution in [0, 0.1) is 5.82 Å². The zero-order valence-electron chi connectivity index (χ0n) is 9.06. The van der Waals surface area contributed by atoms with Crippen molar-refractivity contribution < 1.29 is 22.3 Å². The molecule has 0 aromatic heterocycles. The maximum absolute atomic E-state index is 12.5. The molecular weight excluding hydrogens is 238 g/mol. The van der Waals surface area contributed by atoms with Crippen LogP contribution in [0.1, 0.15) is 5.56 Å². The van der Waals surface area contributed by atoms with Gasteiger partial charge >= 0.3 is 6.36 Å². The number of hydrogen-bond acceptors (Lipinski definition) is 2. The third kappa shape index (κ3) is 6.91. The number of halogens is 4. The van der Waals surface area contributed by atoms with Crippen molar-refractivity contribution in [1.29, 1.82) is 0 Å². The molecule has 1 N–H and O–H groups in total. The molecule has 0 radical (unpaired) electrons. The molecule has 0 heterocycles. The lowest BCUT2D eigenvalue weighted by molar-refractivity contribution is -0.323. The predicted molar refractivity (Wildman–Crippen MR) is 55.0 cm³/mol. The van der Waals surface area contributed by atoms with Gasteiger partial charge in [-0.2, -0.15) is 0 Å². The van der Waals surface area contributed by atoms with Crippen molar-refractivity contribution in [2.45, 2.75) is 12.8 Å². The topological polar surface area (TPSA) is 21.3 Å². The van der Waals surface area contributed by atoms with Gasteiger partial charge in [-0.25, -0.2) is 4.39 Å². The van der Waals surface area contributed by atoms with Gasteiger partial charge < -0.3 is 5.32 Å². The summed E-state index contributed by atoms with van der Waals surface area (Å²) in [6, 6.07) is 5.98. The number of benzene rings is 1. The largest absolute Gasteiger partial charge is 0.522 e. The van der Waals surface area contributed by atoms with Crippen LogP contribution in [0.3, 0.4) is 0 Å². The summed E-state index contributed by atoms with van der Waals surface area (Å²) >= 11 is 0. The highest BCUT2D eigenvalue weighted by Gasteiger charge is 2.28. The molecule has 0 spiro atoms. The summed E-state index contributed by atoms with van der Waals surface area (Å²) in [5.74, 6) is -0.305. The van der Waals surface area contributed by atoms with Gasteiger partial charge in [-0.05, 0) is 30.7 Å². The molecule has 0 saturated heterocycles. The van der Waals surface area contributed by atoms with Gasteiger partial charge in [0.15, 0.2) is 0 Å². The number of hydrogen-bond donors (Lipinski definition) is 1. The molecule has 6 heteroatoms. The molecule has 1 aromatic rings. The lowest BCUT2D eigenvalue weighted by atomic mass is 10.1. The number of rotatable bonds is 6. The fourth-order valence-corrected chi connectivity index (χ4v) is 1.25. The first-order valence-corrected chi connectivity index (χ1v) is 5.13. The van der Waals surface area contributed by atoms with Crippen LogP contribution in [0.4, 0.5) is 17.6 Å². The van der Waals surface area contributed by atoms with Crippen LogP contribution in [0.25, 0.3) is 0 Å². The molecular formula is C11H13F4NO. The monoisotopic (exact) mass is 251 g/mol. The Morgan fingerprint density at radius 3 is 2.29 bits per heavy atom. The Kier molecular flexibility index (Phi) is 5.37. The van der Waals surface area contributed by atoms with Crippen LogP contribution in [0.15, 0.2) is 24.3 Å². The Balaban J connectivity index is 2.07. The van der Waals surface area contributed by atoms with Gasteiger partial charge in [0.2, 0.25) is 0 Å². The van der Waals surface area contributed by atoms with Gasteiger partial charge in [0, 0.05) is 6.54 Å². The van der Waals surface area contributed by atoms with Crippen molar-refractivity contribution in [2.75, 3.05) is 19.7 Å². The van der Waals surface area contributed by atoms with Crippen molar-refractivity contribution >= 4 is 0 Å². The molecule has 0 aliphatic heterocycles. The van der Waals surface area contributed by atoms with E-state index in [9.17, 15) is 17.6 Å². The fourth-order valence-electron chi connectivity index (χ4n) is 1.25. The Bertz CT molecular complexity index is 323. The molecule has 0 unspecified atom stereocenters. The van der Waals surface area contributed by atoms with Gasteiger partial charge in [0.1, 0.15) is 5.82 Å². The maximum Gasteiger partial charge on any atom is 0.522 e. The van der Waals surface area contributed by atoms with E-state index in [1.54, 1.807) is 12.1 Å². The first kappa shape index (κ1) is 13.9. The van der Waals surface area contributed by atoms with Crippen molar-refractivity contribution in [3.8, 4) is 0 Å². The Morgan fingerprint density at radius 2 is 1.71 bits per heavy atom. The first-order valence-electron chi connectivity index (χ1n) is 5.13. The molecule has 1 aromatic carbocycles. The number of alkyl halides is 3. The lowest BCUT2D eigenvalue weighted by Gasteiger charge is -2.08. The second-order valence-electron chi connectivity index (χ2n) is 3.42. The highest BCUT2D eigenvalue weighted by molar-refractivity contribution is 5.16. The van der Waals surface area contributed by atoms with Crippen LogP contribution >= 0.6 is 0 Å². The summed E-state index contributed by atoms with van der Waals surface area (Å²) in [6.07, 6.45) is -3.94. The summed E-state index contributed by atoms with van der Waals surface area (Å²) in [7, 11) is 0. The number of nitrogens with one attached hydrogen (secondary N) is 1. The van der Waals surface area contributed by atoms with E-state index >= 15 is 0 Å². The van der Waals surface area contributed by atoms with E-state index in [0.29, 0.717) is 13.0 Å². The Labute approximate surface area is 96.6 Å². The molecule has 0 aliphatic carbocycles. The van der Waals surface area contributed by atoms with Gasteiger partial charge in [-0.15, -0.1) is 13.2 Å². The molecule has 96 valence electrons. The van der Waals surface area contributed by atoms with Crippen molar-refractivity contribution in [2.24, 2.45) is 0 Å². The minimum absolute atomic E-state index is 0.126. The lowest BCUT2D eigenvalue weighted by Crippen LogP contribution is -2.25. The van der Waals surface area contributed by atoms with E-state index in [4.69, 9.17) is 0 Å². The summed E-state index contributed by atoms with van der Waals surface area (Å²) in [5, 5.41) is 2.80. The van der Waals surface area contributed by atoms with Crippen LogP contribution in [0.5, 0.6) is 0 Å². The zero-order valence-corrected chi connectivity index (χ0v) is 9.06. The second kappa shape index (κ2) is 6.56. The molecule has 17 heavy (non-hydrogen) atoms. The minimum Gasteiger partial charge on any atom is -0.314 e. The van der Waals surface area contributed by atoms with E-state index in [0.717, 1.165) is 5.56 Å². The van der Waals surface area contributed by atoms with Crippen LogP contribution < -0.4 is 5.32 Å². The highest BCUT2D eigenvalue weighted by Crippen LogP contribution is 2.15. The molecule has 1 rings (SSSR count). The SMILES string of the molecule is Fc1ccc(CCNCCOC(F)(F)F)cc1. The van der Waals surface area contributed by atoms with E-state index in [1.807, 2.05) is 0 Å². The molecule has 0 fully saturated rings. The second-order valence-corrected chi connectivity index (χ2v) is 3.42. The quantitative estimate of drug-likeness (QED) is 0.619. The van der Waals surface area contributed by atoms with Gasteiger partial charge in [0.05, 0.1) is 6.61 Å². The molecule has 0 atom stereocenters. The summed E-state index contributed by atoms with van der Waals surface area (Å²) in [6.45, 7) is 0.237. The minimum atomic E-state index is -4.57. The summed E-state index contributed by atoms with van der Waals surface area (Å²) in [5.41, 5.74) is 0.927. The van der Waals surface area contributed by atoms with E-state index in [1.165, 1.54) is 12.1 Å². The van der Waals surface area contributed by atoms with Gasteiger partial charge in [-0.3, -0.25) is 4.74 Å². The van der Waals surface area contributed by atoms with Crippen LogP contribution in [0.2, 0.25) is 0 Å². The van der Waals surface area contributed by atoms with Gasteiger partial charge in [-0.1, -0.05) is 12.1 Å². The zero-order chi connectivity index (χ0) is 12.7. The average molecular weight is 251 g/mol. The third-order valence-corrected chi connectivity index (χ3v) is 2.05. The fraction of sp³-hybridized carbons (Fsp3) is 0.455. The number of ether oxygens (including phenoxy) is 1. The first-order chi connectivity index (χ1) is 7.97. The Hall–Kier alpha value is -1.14. The van der Waals surface area contributed by atoms with Crippen molar-refractivity contribution in [1.82, 2.24) is 5.32 Å². The normalized spacial score (nSPS) is 11.8. The summed E-state index contributed by atoms with van der Waals surface area (Å²) < 4.78 is 50.9. The van der Waals surface area contributed by atoms with E-state index in [2.05, 4.69) is 10.1 Å².